The molecule has 2 unspecified atom stereocenters. The first-order valence-electron chi connectivity index (χ1n) is 7.76. The highest BCUT2D eigenvalue weighted by Crippen LogP contribution is 2.44. The topological polar surface area (TPSA) is 69.3 Å². The second-order valence-corrected chi connectivity index (χ2v) is 7.01. The van der Waals surface area contributed by atoms with Crippen molar-refractivity contribution in [3.63, 3.8) is 0 Å². The summed E-state index contributed by atoms with van der Waals surface area (Å²) >= 11 is 3.49. The Bertz CT molecular complexity index is 873. The first-order valence-corrected chi connectivity index (χ1v) is 8.55. The van der Waals surface area contributed by atoms with Crippen LogP contribution in [0.5, 0.6) is 11.5 Å². The first kappa shape index (κ1) is 17.3. The molecular weight excluding hydrogens is 382 g/mol. The summed E-state index contributed by atoms with van der Waals surface area (Å²) < 4.78 is 11.9. The van der Waals surface area contributed by atoms with E-state index < -0.39 is 5.92 Å². The number of fused-ring (bicyclic) bond motifs is 1. The van der Waals surface area contributed by atoms with Crippen molar-refractivity contribution in [3.05, 3.63) is 52.0 Å². The number of hydrogen-bond donors (Lipinski definition) is 1. The van der Waals surface area contributed by atoms with Gasteiger partial charge in [-0.25, -0.2) is 0 Å². The van der Waals surface area contributed by atoms with Crippen LogP contribution in [0.4, 0.5) is 5.69 Å². The summed E-state index contributed by atoms with van der Waals surface area (Å²) in [5.74, 6) is 0.313. The molecule has 1 N–H and O–H groups in total. The monoisotopic (exact) mass is 399 g/mol. The normalized spacial score (nSPS) is 18.8. The largest absolute Gasteiger partial charge is 0.497 e. The fraction of sp³-hybridized carbons (Fsp3) is 0.263. The Labute approximate surface area is 155 Å². The summed E-state index contributed by atoms with van der Waals surface area (Å²) in [5.41, 5.74) is 2.78. The average molecular weight is 400 g/mol. The second-order valence-electron chi connectivity index (χ2n) is 6.09. The molecule has 0 fully saturated rings. The minimum Gasteiger partial charge on any atom is -0.497 e. The Kier molecular flexibility index (Phi) is 4.69. The number of halogens is 1. The van der Waals surface area contributed by atoms with E-state index in [1.807, 2.05) is 55.4 Å². The van der Waals surface area contributed by atoms with Gasteiger partial charge in [-0.3, -0.25) is 5.41 Å². The molecule has 2 atom stereocenters. The van der Waals surface area contributed by atoms with Crippen LogP contribution in [0.25, 0.3) is 0 Å². The number of hydrogen-bond acceptors (Lipinski definition) is 5. The molecule has 2 aromatic rings. The van der Waals surface area contributed by atoms with Gasteiger partial charge in [0.15, 0.2) is 0 Å². The molecule has 1 aliphatic rings. The number of nitrogens with zero attached hydrogens (tertiary/aromatic N) is 2. The Morgan fingerprint density at radius 1 is 1.24 bits per heavy atom. The van der Waals surface area contributed by atoms with Gasteiger partial charge in [0, 0.05) is 41.8 Å². The van der Waals surface area contributed by atoms with Crippen molar-refractivity contribution >= 4 is 27.5 Å². The molecule has 0 aliphatic carbocycles. The van der Waals surface area contributed by atoms with Crippen LogP contribution in [0.1, 0.15) is 17.0 Å². The summed E-state index contributed by atoms with van der Waals surface area (Å²) in [7, 11) is 5.51. The van der Waals surface area contributed by atoms with E-state index in [9.17, 15) is 5.26 Å². The summed E-state index contributed by atoms with van der Waals surface area (Å²) in [6.45, 7) is 0. The number of nitrogens with one attached hydrogen (secondary N) is 1. The standard InChI is InChI=1S/C19H18BrN3O2/c1-23(2)13-4-5-15-17(9-13)25-19(22)16(10-21)18(15)11-6-12(20)8-14(7-11)24-3/h4-9,16,18,22H,1-3H3. The quantitative estimate of drug-likeness (QED) is 0.840. The molecule has 1 heterocycles. The van der Waals surface area contributed by atoms with Crippen LogP contribution >= 0.6 is 15.9 Å². The summed E-state index contributed by atoms with van der Waals surface area (Å²) in [5, 5.41) is 17.8. The van der Waals surface area contributed by atoms with Crippen LogP contribution < -0.4 is 14.4 Å². The van der Waals surface area contributed by atoms with Gasteiger partial charge in [-0.2, -0.15) is 5.26 Å². The predicted octanol–water partition coefficient (Wildman–Crippen LogP) is 4.17. The Hall–Kier alpha value is -2.52. The molecule has 6 heteroatoms. The molecule has 3 rings (SSSR count). The molecule has 128 valence electrons. The van der Waals surface area contributed by atoms with Gasteiger partial charge in [0.25, 0.3) is 0 Å². The molecule has 0 aromatic heterocycles. The zero-order valence-electron chi connectivity index (χ0n) is 14.2. The van der Waals surface area contributed by atoms with Crippen molar-refractivity contribution in [2.24, 2.45) is 5.92 Å². The van der Waals surface area contributed by atoms with Crippen molar-refractivity contribution < 1.29 is 9.47 Å². The van der Waals surface area contributed by atoms with Crippen LogP contribution in [0, 0.1) is 22.7 Å². The molecule has 5 nitrogen and oxygen atoms in total. The summed E-state index contributed by atoms with van der Waals surface area (Å²) in [6, 6.07) is 13.8. The minimum absolute atomic E-state index is 0.0325. The fourth-order valence-corrected chi connectivity index (χ4v) is 3.54. The van der Waals surface area contributed by atoms with Crippen molar-refractivity contribution in [1.82, 2.24) is 0 Å². The highest BCUT2D eigenvalue weighted by Gasteiger charge is 2.37. The molecule has 0 saturated carbocycles. The molecule has 25 heavy (non-hydrogen) atoms. The predicted molar refractivity (Wildman–Crippen MR) is 101 cm³/mol. The van der Waals surface area contributed by atoms with Crippen molar-refractivity contribution in [2.45, 2.75) is 5.92 Å². The smallest absolute Gasteiger partial charge is 0.205 e. The Morgan fingerprint density at radius 3 is 2.64 bits per heavy atom. The third kappa shape index (κ3) is 3.20. The fourth-order valence-electron chi connectivity index (χ4n) is 3.05. The van der Waals surface area contributed by atoms with Crippen LogP contribution in [0.2, 0.25) is 0 Å². The van der Waals surface area contributed by atoms with Gasteiger partial charge in [-0.05, 0) is 29.8 Å². The summed E-state index contributed by atoms with van der Waals surface area (Å²) in [4.78, 5) is 1.97. The molecule has 2 aromatic carbocycles. The van der Waals surface area contributed by atoms with Gasteiger partial charge in [-0.1, -0.05) is 22.0 Å². The van der Waals surface area contributed by atoms with Gasteiger partial charge in [0.05, 0.1) is 13.2 Å². The van der Waals surface area contributed by atoms with E-state index in [4.69, 9.17) is 14.9 Å². The number of methoxy groups -OCH3 is 1. The molecule has 0 amide bonds. The maximum Gasteiger partial charge on any atom is 0.205 e. The zero-order chi connectivity index (χ0) is 18.1. The molecule has 0 radical (unpaired) electrons. The van der Waals surface area contributed by atoms with Gasteiger partial charge in [0.2, 0.25) is 5.90 Å². The third-order valence-electron chi connectivity index (χ3n) is 4.31. The van der Waals surface area contributed by atoms with Crippen molar-refractivity contribution in [1.29, 1.82) is 10.7 Å². The van der Waals surface area contributed by atoms with E-state index in [1.54, 1.807) is 7.11 Å². The van der Waals surface area contributed by atoms with E-state index in [2.05, 4.69) is 22.0 Å². The van der Waals surface area contributed by atoms with Gasteiger partial charge >= 0.3 is 0 Å². The van der Waals surface area contributed by atoms with E-state index >= 15 is 0 Å². The van der Waals surface area contributed by atoms with Crippen molar-refractivity contribution in [2.75, 3.05) is 26.1 Å². The lowest BCUT2D eigenvalue weighted by molar-refractivity contribution is 0.412. The second kappa shape index (κ2) is 6.77. The van der Waals surface area contributed by atoms with Crippen LogP contribution in [-0.2, 0) is 0 Å². The van der Waals surface area contributed by atoms with Crippen LogP contribution in [-0.4, -0.2) is 27.1 Å². The molecule has 0 saturated heterocycles. The first-order chi connectivity index (χ1) is 11.9. The zero-order valence-corrected chi connectivity index (χ0v) is 15.8. The van der Waals surface area contributed by atoms with E-state index in [0.29, 0.717) is 11.5 Å². The van der Waals surface area contributed by atoms with E-state index in [1.165, 1.54) is 0 Å². The number of benzene rings is 2. The molecule has 1 aliphatic heterocycles. The number of rotatable bonds is 3. The lowest BCUT2D eigenvalue weighted by Crippen LogP contribution is -2.31. The van der Waals surface area contributed by atoms with Gasteiger partial charge in [0.1, 0.15) is 17.4 Å². The Balaban J connectivity index is 2.19. The number of anilines is 1. The minimum atomic E-state index is -0.684. The SMILES string of the molecule is COc1cc(Br)cc(C2c3ccc(N(C)C)cc3OC(=N)C2C#N)c1. The van der Waals surface area contributed by atoms with Gasteiger partial charge < -0.3 is 14.4 Å². The van der Waals surface area contributed by atoms with E-state index in [-0.39, 0.29) is 11.8 Å². The average Bonchev–Trinajstić information content (AvgIpc) is 2.59. The lowest BCUT2D eigenvalue weighted by atomic mass is 9.79. The lowest BCUT2D eigenvalue weighted by Gasteiger charge is -2.31. The van der Waals surface area contributed by atoms with Crippen LogP contribution in [0.3, 0.4) is 0 Å². The number of nitriles is 1. The highest BCUT2D eigenvalue weighted by molar-refractivity contribution is 9.10. The molecule has 0 bridgehead atoms. The molecular formula is C19H18BrN3O2. The molecule has 0 spiro atoms. The summed E-state index contributed by atoms with van der Waals surface area (Å²) in [6.07, 6.45) is 0. The Morgan fingerprint density at radius 2 is 2.00 bits per heavy atom. The van der Waals surface area contributed by atoms with Crippen molar-refractivity contribution in [3.8, 4) is 17.6 Å². The van der Waals surface area contributed by atoms with Gasteiger partial charge in [-0.15, -0.1) is 0 Å². The van der Waals surface area contributed by atoms with E-state index in [0.717, 1.165) is 21.3 Å². The third-order valence-corrected chi connectivity index (χ3v) is 4.77. The highest BCUT2D eigenvalue weighted by atomic mass is 79.9. The maximum atomic E-state index is 9.64. The van der Waals surface area contributed by atoms with Crippen LogP contribution in [0.15, 0.2) is 40.9 Å². The number of ether oxygens (including phenoxy) is 2. The maximum absolute atomic E-state index is 9.64.